The Morgan fingerprint density at radius 1 is 0.382 bits per heavy atom. The normalized spacial score (nSPS) is 12.2. The summed E-state index contributed by atoms with van der Waals surface area (Å²) in [6.45, 7) is 13.1. The number of aryl methyl sites for hydroxylation is 3. The highest BCUT2D eigenvalue weighted by atomic mass is 16.5. The molecule has 0 atom stereocenters. The van der Waals surface area contributed by atoms with E-state index in [-0.39, 0.29) is 12.1 Å². The number of H-pyrrole nitrogens is 1. The first kappa shape index (κ1) is 46.5. The molecule has 0 saturated carbocycles. The average molecular weight is 982 g/mol. The maximum atomic E-state index is 7.13. The molecule has 4 heterocycles. The molecule has 9 heteroatoms. The molecule has 0 saturated heterocycles. The highest BCUT2D eigenvalue weighted by Crippen LogP contribution is 2.38. The van der Waals surface area contributed by atoms with Crippen molar-refractivity contribution in [2.45, 2.75) is 47.0 Å². The van der Waals surface area contributed by atoms with Gasteiger partial charge in [0.25, 0.3) is 6.71 Å². The van der Waals surface area contributed by atoms with Gasteiger partial charge in [0.15, 0.2) is 34.9 Å². The predicted molar refractivity (Wildman–Crippen MR) is 311 cm³/mol. The topological polar surface area (TPSA) is 102 Å². The number of aromatic amines is 1. The molecule has 12 aromatic rings. The van der Waals surface area contributed by atoms with E-state index >= 15 is 0 Å². The Kier molecular flexibility index (Phi) is 11.3. The molecular formula is C67H52BN7O. The van der Waals surface area contributed by atoms with Crippen molar-refractivity contribution in [1.29, 1.82) is 0 Å². The van der Waals surface area contributed by atoms with Crippen molar-refractivity contribution in [3.8, 4) is 91.0 Å². The number of hydrogen-bond donors (Lipinski definition) is 1. The van der Waals surface area contributed by atoms with Crippen molar-refractivity contribution < 1.29 is 4.74 Å². The Morgan fingerprint density at radius 3 is 1.32 bits per heavy atom. The van der Waals surface area contributed by atoms with Crippen LogP contribution in [-0.2, 0) is 5.41 Å². The minimum absolute atomic E-state index is 0.109. The van der Waals surface area contributed by atoms with Crippen molar-refractivity contribution in [2.24, 2.45) is 0 Å². The number of rotatable bonds is 8. The lowest BCUT2D eigenvalue weighted by atomic mass is 9.35. The maximum Gasteiger partial charge on any atom is 0.253 e. The van der Waals surface area contributed by atoms with Gasteiger partial charge in [-0.15, -0.1) is 0 Å². The molecule has 8 nitrogen and oxygen atoms in total. The molecule has 3 aromatic heterocycles. The first-order valence-electron chi connectivity index (χ1n) is 25.9. The largest absolute Gasteiger partial charge is 0.458 e. The lowest BCUT2D eigenvalue weighted by Gasteiger charge is -2.30. The zero-order valence-electron chi connectivity index (χ0n) is 43.2. The highest BCUT2D eigenvalue weighted by molar-refractivity contribution is 6.98. The molecule has 364 valence electrons. The van der Waals surface area contributed by atoms with Crippen LogP contribution in [0.1, 0.15) is 43.0 Å². The van der Waals surface area contributed by atoms with Crippen LogP contribution in [0.2, 0.25) is 0 Å². The molecule has 9 aromatic carbocycles. The molecule has 0 spiro atoms. The summed E-state index contributed by atoms with van der Waals surface area (Å²) in [4.78, 5) is 35.0. The van der Waals surface area contributed by atoms with E-state index in [1.165, 1.54) is 27.8 Å². The van der Waals surface area contributed by atoms with Gasteiger partial charge in [-0.25, -0.2) is 29.9 Å². The average Bonchev–Trinajstić information content (AvgIpc) is 3.88. The lowest BCUT2D eigenvalue weighted by Crippen LogP contribution is -2.55. The van der Waals surface area contributed by atoms with Crippen LogP contribution in [0.15, 0.2) is 200 Å². The quantitative estimate of drug-likeness (QED) is 0.151. The van der Waals surface area contributed by atoms with E-state index in [9.17, 15) is 0 Å². The van der Waals surface area contributed by atoms with Crippen LogP contribution in [0, 0.1) is 20.8 Å². The van der Waals surface area contributed by atoms with Gasteiger partial charge in [-0.05, 0) is 107 Å². The van der Waals surface area contributed by atoms with Crippen LogP contribution >= 0.6 is 0 Å². The van der Waals surface area contributed by atoms with E-state index in [4.69, 9.17) is 34.6 Å². The third-order valence-corrected chi connectivity index (χ3v) is 14.7. The van der Waals surface area contributed by atoms with E-state index in [2.05, 4.69) is 125 Å². The lowest BCUT2D eigenvalue weighted by molar-refractivity contribution is 0.483. The Morgan fingerprint density at radius 2 is 0.816 bits per heavy atom. The Bertz CT molecular complexity index is 4070. The molecule has 76 heavy (non-hydrogen) atoms. The van der Waals surface area contributed by atoms with Crippen molar-refractivity contribution in [1.82, 2.24) is 34.9 Å². The van der Waals surface area contributed by atoms with E-state index in [1.807, 2.05) is 121 Å². The van der Waals surface area contributed by atoms with Crippen molar-refractivity contribution >= 4 is 44.9 Å². The minimum Gasteiger partial charge on any atom is -0.458 e. The number of nitrogens with zero attached hydrogens (tertiary/aromatic N) is 6. The van der Waals surface area contributed by atoms with E-state index in [0.717, 1.165) is 88.6 Å². The van der Waals surface area contributed by atoms with Gasteiger partial charge >= 0.3 is 0 Å². The molecule has 1 aliphatic rings. The Hall–Kier alpha value is -9.34. The summed E-state index contributed by atoms with van der Waals surface area (Å²) in [5, 5.41) is 2.02. The molecule has 1 aliphatic heterocycles. The molecule has 0 bridgehead atoms. The van der Waals surface area contributed by atoms with Gasteiger partial charge in [0.1, 0.15) is 11.5 Å². The SMILES string of the molecule is Cc1cc(C)c(-c2ccc3c(c2)Oc2cc(C(C)(C)C)ccc2B3c2cc(-c3nc(-c4ccccc4)nc(-c4ccccc4)n3)cc3c2[nH]c2ccc(-c4nc(-c5ccccc5)nc(-c5ccccc5)n4)cc23)c(C)c1. The number of ether oxygens (including phenoxy) is 1. The number of hydrogen-bond acceptors (Lipinski definition) is 7. The molecule has 0 aliphatic carbocycles. The minimum atomic E-state index is -0.258. The first-order chi connectivity index (χ1) is 37.0. The molecular weight excluding hydrogens is 930 g/mol. The Balaban J connectivity index is 1.08. The summed E-state index contributed by atoms with van der Waals surface area (Å²) in [7, 11) is 0. The van der Waals surface area contributed by atoms with Gasteiger partial charge in [0.05, 0.1) is 0 Å². The fourth-order valence-electron chi connectivity index (χ4n) is 11.0. The van der Waals surface area contributed by atoms with E-state index < -0.39 is 0 Å². The zero-order chi connectivity index (χ0) is 51.7. The van der Waals surface area contributed by atoms with Gasteiger partial charge in [0, 0.05) is 55.2 Å². The van der Waals surface area contributed by atoms with Crippen LogP contribution in [-0.4, -0.2) is 41.6 Å². The van der Waals surface area contributed by atoms with Crippen LogP contribution in [0.4, 0.5) is 0 Å². The number of benzene rings is 9. The van der Waals surface area contributed by atoms with Gasteiger partial charge in [-0.2, -0.15) is 0 Å². The first-order valence-corrected chi connectivity index (χ1v) is 25.9. The van der Waals surface area contributed by atoms with Gasteiger partial charge in [-0.1, -0.05) is 190 Å². The van der Waals surface area contributed by atoms with Crippen LogP contribution in [0.25, 0.3) is 101 Å². The number of aromatic nitrogens is 7. The summed E-state index contributed by atoms with van der Waals surface area (Å²) in [5.74, 6) is 5.21. The van der Waals surface area contributed by atoms with Crippen molar-refractivity contribution in [3.05, 3.63) is 222 Å². The summed E-state index contributed by atoms with van der Waals surface area (Å²) in [5.41, 5.74) is 17.7. The maximum absolute atomic E-state index is 7.13. The smallest absolute Gasteiger partial charge is 0.253 e. The van der Waals surface area contributed by atoms with Crippen molar-refractivity contribution in [2.75, 3.05) is 0 Å². The summed E-state index contributed by atoms with van der Waals surface area (Å²) in [6.07, 6.45) is 0. The predicted octanol–water partition coefficient (Wildman–Crippen LogP) is 14.2. The summed E-state index contributed by atoms with van der Waals surface area (Å²) >= 11 is 0. The van der Waals surface area contributed by atoms with Crippen molar-refractivity contribution in [3.63, 3.8) is 0 Å². The monoisotopic (exact) mass is 981 g/mol. The van der Waals surface area contributed by atoms with Gasteiger partial charge < -0.3 is 9.72 Å². The molecule has 0 amide bonds. The third-order valence-electron chi connectivity index (χ3n) is 14.7. The molecule has 0 fully saturated rings. The molecule has 13 rings (SSSR count). The van der Waals surface area contributed by atoms with Gasteiger partial charge in [0.2, 0.25) is 0 Å². The standard InChI is InChI=1S/C67H52BN7O/c1-40-33-41(2)59(42(3)34-40)47-27-30-53-57(38-47)76-58-39-50(67(4,5)6)29-31-54(58)68(53)55-37-49(66-74-63(45-23-15-9-16-24-45)71-64(75-66)46-25-17-10-18-26-46)36-52-51-35-48(28-32-56(51)69-60(52)55)65-72-61(43-19-11-7-12-20-43)70-62(73-65)44-21-13-8-14-22-44/h7-39,69H,1-6H3. The van der Waals surface area contributed by atoms with Gasteiger partial charge in [-0.3, -0.25) is 0 Å². The Labute approximate surface area is 442 Å². The zero-order valence-corrected chi connectivity index (χ0v) is 43.2. The van der Waals surface area contributed by atoms with E-state index in [1.54, 1.807) is 0 Å². The number of nitrogens with one attached hydrogen (secondary N) is 1. The fourth-order valence-corrected chi connectivity index (χ4v) is 11.0. The van der Waals surface area contributed by atoms with E-state index in [0.29, 0.717) is 34.9 Å². The number of fused-ring (bicyclic) bond motifs is 5. The molecule has 0 radical (unpaired) electrons. The second-order valence-electron chi connectivity index (χ2n) is 21.0. The fraction of sp³-hybridized carbons (Fsp3) is 0.104. The summed E-state index contributed by atoms with van der Waals surface area (Å²) < 4.78 is 7.13. The molecule has 1 N–H and O–H groups in total. The third kappa shape index (κ3) is 8.49. The second-order valence-corrected chi connectivity index (χ2v) is 21.0. The van der Waals surface area contributed by atoms with Crippen LogP contribution in [0.5, 0.6) is 11.5 Å². The second kappa shape index (κ2) is 18.5. The summed E-state index contributed by atoms with van der Waals surface area (Å²) in [6, 6.07) is 69.5. The molecule has 0 unspecified atom stereocenters. The van der Waals surface area contributed by atoms with Crippen LogP contribution in [0.3, 0.4) is 0 Å². The highest BCUT2D eigenvalue weighted by Gasteiger charge is 2.36. The van der Waals surface area contributed by atoms with Crippen LogP contribution < -0.4 is 21.1 Å².